The summed E-state index contributed by atoms with van der Waals surface area (Å²) in [5, 5.41) is 20.4. The Kier molecular flexibility index (Phi) is 14.3. The lowest BCUT2D eigenvalue weighted by Gasteiger charge is -2.29. The fourth-order valence-corrected chi connectivity index (χ4v) is 5.04. The summed E-state index contributed by atoms with van der Waals surface area (Å²) >= 11 is 0. The molecule has 2 aromatic carbocycles. The molecule has 1 heterocycles. The highest BCUT2D eigenvalue weighted by atomic mass is 16.5. The predicted molar refractivity (Wildman–Crippen MR) is 161 cm³/mol. The van der Waals surface area contributed by atoms with E-state index in [0.717, 1.165) is 49.2 Å². The van der Waals surface area contributed by atoms with Crippen LogP contribution in [-0.4, -0.2) is 85.9 Å². The smallest absolute Gasteiger partial charge is 0.319 e. The molecule has 42 heavy (non-hydrogen) atoms. The molecule has 0 aliphatic carbocycles. The van der Waals surface area contributed by atoms with E-state index in [9.17, 15) is 19.5 Å². The Hall–Kier alpha value is -3.47. The molecule has 230 valence electrons. The molecule has 0 saturated carbocycles. The van der Waals surface area contributed by atoms with E-state index in [-0.39, 0.29) is 44.4 Å². The molecule has 4 N–H and O–H groups in total. The number of esters is 1. The van der Waals surface area contributed by atoms with Crippen LogP contribution in [0.3, 0.4) is 0 Å². The second-order valence-corrected chi connectivity index (χ2v) is 10.6. The molecule has 0 aromatic heterocycles. The first kappa shape index (κ1) is 33.0. The Labute approximate surface area is 249 Å². The van der Waals surface area contributed by atoms with Crippen molar-refractivity contribution in [2.24, 2.45) is 0 Å². The van der Waals surface area contributed by atoms with E-state index in [1.54, 1.807) is 14.0 Å². The molecule has 10 nitrogen and oxygen atoms in total. The summed E-state index contributed by atoms with van der Waals surface area (Å²) in [4.78, 5) is 40.3. The minimum Gasteiger partial charge on any atom is -0.497 e. The van der Waals surface area contributed by atoms with Gasteiger partial charge in [0.2, 0.25) is 11.8 Å². The van der Waals surface area contributed by atoms with Gasteiger partial charge in [-0.05, 0) is 62.3 Å². The molecular weight excluding hydrogens is 536 g/mol. The van der Waals surface area contributed by atoms with Crippen molar-refractivity contribution in [3.63, 3.8) is 0 Å². The van der Waals surface area contributed by atoms with Gasteiger partial charge in [0, 0.05) is 32.6 Å². The highest BCUT2D eigenvalue weighted by Crippen LogP contribution is 2.14. The Morgan fingerprint density at radius 2 is 1.74 bits per heavy atom. The number of hydrogen-bond acceptors (Lipinski definition) is 8. The maximum absolute atomic E-state index is 13.6. The summed E-state index contributed by atoms with van der Waals surface area (Å²) in [6, 6.07) is 15.9. The lowest BCUT2D eigenvalue weighted by atomic mass is 9.99. The molecule has 1 saturated heterocycles. The fraction of sp³-hybridized carbons (Fsp3) is 0.531. The SMILES string of the molecule is CCOC(=O)CN[C@H](CCC(=O)N1CCCCC1)C(=O)N[C@@H](Cc1ccccc1)[C@@H](O)CNCc1cccc(OC)c1. The molecule has 0 bridgehead atoms. The lowest BCUT2D eigenvalue weighted by molar-refractivity contribution is -0.142. The molecule has 0 spiro atoms. The van der Waals surface area contributed by atoms with Gasteiger partial charge in [-0.15, -0.1) is 0 Å². The molecule has 3 atom stereocenters. The Balaban J connectivity index is 1.66. The van der Waals surface area contributed by atoms with Gasteiger partial charge in [0.25, 0.3) is 0 Å². The van der Waals surface area contributed by atoms with E-state index in [4.69, 9.17) is 9.47 Å². The van der Waals surface area contributed by atoms with Gasteiger partial charge >= 0.3 is 5.97 Å². The van der Waals surface area contributed by atoms with Crippen LogP contribution in [0.15, 0.2) is 54.6 Å². The van der Waals surface area contributed by atoms with Crippen LogP contribution in [0, 0.1) is 0 Å². The van der Waals surface area contributed by atoms with Crippen LogP contribution < -0.4 is 20.7 Å². The monoisotopic (exact) mass is 582 g/mol. The average molecular weight is 583 g/mol. The highest BCUT2D eigenvalue weighted by molar-refractivity contribution is 5.84. The topological polar surface area (TPSA) is 129 Å². The minimum absolute atomic E-state index is 0.00745. The summed E-state index contributed by atoms with van der Waals surface area (Å²) < 4.78 is 10.3. The zero-order valence-corrected chi connectivity index (χ0v) is 24.8. The van der Waals surface area contributed by atoms with Crippen LogP contribution in [0.2, 0.25) is 0 Å². The van der Waals surface area contributed by atoms with Crippen molar-refractivity contribution in [3.05, 3.63) is 65.7 Å². The Morgan fingerprint density at radius 3 is 2.45 bits per heavy atom. The maximum atomic E-state index is 13.6. The number of hydrogen-bond donors (Lipinski definition) is 4. The molecule has 3 rings (SSSR count). The van der Waals surface area contributed by atoms with Gasteiger partial charge in [0.1, 0.15) is 5.75 Å². The number of carbonyl (C=O) groups excluding carboxylic acids is 3. The van der Waals surface area contributed by atoms with Gasteiger partial charge in [0.15, 0.2) is 0 Å². The molecule has 1 aliphatic rings. The van der Waals surface area contributed by atoms with Crippen molar-refractivity contribution >= 4 is 17.8 Å². The van der Waals surface area contributed by atoms with Gasteiger partial charge in [-0.2, -0.15) is 0 Å². The van der Waals surface area contributed by atoms with Crippen LogP contribution in [-0.2, 0) is 32.1 Å². The third-order valence-electron chi connectivity index (χ3n) is 7.38. The van der Waals surface area contributed by atoms with Crippen molar-refractivity contribution < 1.29 is 29.0 Å². The van der Waals surface area contributed by atoms with Crippen molar-refractivity contribution in [1.82, 2.24) is 20.9 Å². The minimum atomic E-state index is -0.902. The average Bonchev–Trinajstić information content (AvgIpc) is 3.01. The maximum Gasteiger partial charge on any atom is 0.319 e. The number of piperidine rings is 1. The van der Waals surface area contributed by atoms with E-state index >= 15 is 0 Å². The molecular formula is C32H46N4O6. The molecule has 0 radical (unpaired) electrons. The van der Waals surface area contributed by atoms with Gasteiger partial charge in [0.05, 0.1) is 38.4 Å². The van der Waals surface area contributed by atoms with Crippen LogP contribution in [0.25, 0.3) is 0 Å². The van der Waals surface area contributed by atoms with E-state index in [1.807, 2.05) is 59.5 Å². The molecule has 1 aliphatic heterocycles. The number of likely N-dealkylation sites (tertiary alicyclic amines) is 1. The largest absolute Gasteiger partial charge is 0.497 e. The number of amides is 2. The standard InChI is InChI=1S/C32H46N4O6/c1-3-42-31(39)23-34-27(15-16-30(38)36-17-8-5-9-18-36)32(40)35-28(20-24-11-6-4-7-12-24)29(37)22-33-21-25-13-10-14-26(19-25)41-2/h4,6-7,10-14,19,27-29,33-34,37H,3,5,8-9,15-18,20-23H2,1-2H3,(H,35,40)/t27-,28+,29+/m1/s1. The fourth-order valence-electron chi connectivity index (χ4n) is 5.04. The van der Waals surface area contributed by atoms with Crippen LogP contribution in [0.4, 0.5) is 0 Å². The molecule has 0 unspecified atom stereocenters. The molecule has 10 heteroatoms. The number of nitrogens with zero attached hydrogens (tertiary/aromatic N) is 1. The summed E-state index contributed by atoms with van der Waals surface area (Å²) in [7, 11) is 1.62. The molecule has 2 aromatic rings. The third kappa shape index (κ3) is 11.4. The van der Waals surface area contributed by atoms with Gasteiger partial charge in [-0.25, -0.2) is 0 Å². The van der Waals surface area contributed by atoms with Gasteiger partial charge < -0.3 is 30.1 Å². The first-order valence-corrected chi connectivity index (χ1v) is 14.9. The summed E-state index contributed by atoms with van der Waals surface area (Å²) in [5.41, 5.74) is 1.97. The second-order valence-electron chi connectivity index (χ2n) is 10.6. The van der Waals surface area contributed by atoms with Crippen molar-refractivity contribution in [1.29, 1.82) is 0 Å². The van der Waals surface area contributed by atoms with Crippen LogP contribution in [0.1, 0.15) is 50.2 Å². The quantitative estimate of drug-likeness (QED) is 0.209. The number of aliphatic hydroxyl groups excluding tert-OH is 1. The molecule has 1 fully saturated rings. The van der Waals surface area contributed by atoms with E-state index in [1.165, 1.54) is 0 Å². The molecule has 2 amide bonds. The number of ether oxygens (including phenoxy) is 2. The van der Waals surface area contributed by atoms with Gasteiger partial charge in [-0.1, -0.05) is 42.5 Å². The Bertz CT molecular complexity index is 1110. The van der Waals surface area contributed by atoms with Crippen LogP contribution >= 0.6 is 0 Å². The van der Waals surface area contributed by atoms with E-state index in [2.05, 4.69) is 16.0 Å². The third-order valence-corrected chi connectivity index (χ3v) is 7.38. The highest BCUT2D eigenvalue weighted by Gasteiger charge is 2.28. The summed E-state index contributed by atoms with van der Waals surface area (Å²) in [6.07, 6.45) is 3.01. The lowest BCUT2D eigenvalue weighted by Crippen LogP contribution is -2.54. The van der Waals surface area contributed by atoms with E-state index < -0.39 is 24.2 Å². The van der Waals surface area contributed by atoms with Crippen LogP contribution in [0.5, 0.6) is 5.75 Å². The first-order valence-electron chi connectivity index (χ1n) is 14.9. The Morgan fingerprint density at radius 1 is 1.00 bits per heavy atom. The predicted octanol–water partition coefficient (Wildman–Crippen LogP) is 2.19. The number of carbonyl (C=O) groups is 3. The number of benzene rings is 2. The summed E-state index contributed by atoms with van der Waals surface area (Å²) in [5.74, 6) is -0.0870. The van der Waals surface area contributed by atoms with Crippen molar-refractivity contribution in [2.75, 3.05) is 39.9 Å². The zero-order chi connectivity index (χ0) is 30.2. The zero-order valence-electron chi connectivity index (χ0n) is 24.8. The summed E-state index contributed by atoms with van der Waals surface area (Å²) in [6.45, 7) is 4.03. The number of methoxy groups -OCH3 is 1. The normalized spacial score (nSPS) is 15.4. The number of nitrogens with one attached hydrogen (secondary N) is 3. The number of rotatable bonds is 17. The van der Waals surface area contributed by atoms with Crippen molar-refractivity contribution in [2.45, 2.75) is 70.2 Å². The van der Waals surface area contributed by atoms with Crippen molar-refractivity contribution in [3.8, 4) is 5.75 Å². The number of aliphatic hydroxyl groups is 1. The van der Waals surface area contributed by atoms with Gasteiger partial charge in [-0.3, -0.25) is 19.7 Å². The van der Waals surface area contributed by atoms with E-state index in [0.29, 0.717) is 13.0 Å². The first-order chi connectivity index (χ1) is 20.4. The second kappa shape index (κ2) is 18.1.